The van der Waals surface area contributed by atoms with E-state index in [9.17, 15) is 5.26 Å². The quantitative estimate of drug-likeness (QED) is 0.347. The summed E-state index contributed by atoms with van der Waals surface area (Å²) in [5.74, 6) is 0.409. The number of hydrogen-bond acceptors (Lipinski definition) is 5. The number of pyridine rings is 1. The Bertz CT molecular complexity index is 1170. The van der Waals surface area contributed by atoms with Gasteiger partial charge in [-0.05, 0) is 30.9 Å². The van der Waals surface area contributed by atoms with Crippen molar-refractivity contribution in [3.8, 4) is 17.3 Å². The Labute approximate surface area is 175 Å². The van der Waals surface area contributed by atoms with Crippen molar-refractivity contribution in [2.75, 3.05) is 6.61 Å². The molecule has 0 amide bonds. The van der Waals surface area contributed by atoms with Crippen LogP contribution in [0.25, 0.3) is 27.9 Å². The van der Waals surface area contributed by atoms with Crippen LogP contribution in [0.5, 0.6) is 0 Å². The van der Waals surface area contributed by atoms with Gasteiger partial charge in [0.2, 0.25) is 0 Å². The fourth-order valence-electron chi connectivity index (χ4n) is 3.67. The van der Waals surface area contributed by atoms with Crippen LogP contribution in [0.1, 0.15) is 18.4 Å². The van der Waals surface area contributed by atoms with Gasteiger partial charge in [-0.3, -0.25) is 4.99 Å². The van der Waals surface area contributed by atoms with Crippen LogP contribution in [-0.4, -0.2) is 28.6 Å². The molecular formula is C24H23N5O. The smallest absolute Gasteiger partial charge is 0.138 e. The zero-order valence-electron chi connectivity index (χ0n) is 16.5. The highest BCUT2D eigenvalue weighted by molar-refractivity contribution is 6.07. The van der Waals surface area contributed by atoms with Gasteiger partial charge in [-0.25, -0.2) is 4.98 Å². The minimum Gasteiger partial charge on any atom is -0.397 e. The summed E-state index contributed by atoms with van der Waals surface area (Å²) in [7, 11) is 0. The number of nitriles is 1. The number of aliphatic imine (C=N–C) groups is 1. The third kappa shape index (κ3) is 3.88. The molecule has 30 heavy (non-hydrogen) atoms. The molecule has 1 aliphatic rings. The van der Waals surface area contributed by atoms with E-state index in [1.807, 2.05) is 60.7 Å². The number of nitrogens with two attached hydrogens (primary N) is 2. The molecule has 1 aliphatic carbocycles. The van der Waals surface area contributed by atoms with Crippen LogP contribution < -0.4 is 11.5 Å². The number of nitrogens with zero attached hydrogens (tertiary/aromatic N) is 3. The first-order valence-electron chi connectivity index (χ1n) is 9.90. The minimum absolute atomic E-state index is 0.0324. The Morgan fingerprint density at radius 3 is 2.53 bits per heavy atom. The van der Waals surface area contributed by atoms with Gasteiger partial charge in [0.25, 0.3) is 0 Å². The standard InChI is InChI=1S/C24H23N5O/c25-13-20(24(27)28-19-10-15(11-19)14-30)23(26)18-7-6-17-8-9-21(29-22(17)12-18)16-4-2-1-3-5-16/h1-9,12,15,19,30H,10-11,14,26H2,(H2,27,28)/b23-20-. The molecule has 6 nitrogen and oxygen atoms in total. The Morgan fingerprint density at radius 2 is 1.83 bits per heavy atom. The number of benzene rings is 2. The molecule has 5 N–H and O–H groups in total. The van der Waals surface area contributed by atoms with Crippen LogP contribution in [0, 0.1) is 17.2 Å². The fourth-order valence-corrected chi connectivity index (χ4v) is 3.67. The van der Waals surface area contributed by atoms with Crippen LogP contribution in [0.4, 0.5) is 0 Å². The van der Waals surface area contributed by atoms with Crippen molar-refractivity contribution < 1.29 is 5.11 Å². The SMILES string of the molecule is N#C/C(C(N)=NC1CC(CO)C1)=C(/N)c1ccc2ccc(-c3ccccc3)nc2c1. The van der Waals surface area contributed by atoms with Crippen molar-refractivity contribution in [3.63, 3.8) is 0 Å². The van der Waals surface area contributed by atoms with E-state index >= 15 is 0 Å². The van der Waals surface area contributed by atoms with Gasteiger partial charge in [0, 0.05) is 23.1 Å². The number of fused-ring (bicyclic) bond motifs is 1. The van der Waals surface area contributed by atoms with Gasteiger partial charge in [0.05, 0.1) is 22.9 Å². The highest BCUT2D eigenvalue weighted by Gasteiger charge is 2.28. The highest BCUT2D eigenvalue weighted by atomic mass is 16.3. The van der Waals surface area contributed by atoms with Crippen molar-refractivity contribution >= 4 is 22.4 Å². The summed E-state index contributed by atoms with van der Waals surface area (Å²) in [4.78, 5) is 9.18. The van der Waals surface area contributed by atoms with Gasteiger partial charge in [-0.2, -0.15) is 5.26 Å². The van der Waals surface area contributed by atoms with Crippen molar-refractivity contribution in [1.29, 1.82) is 5.26 Å². The highest BCUT2D eigenvalue weighted by Crippen LogP contribution is 2.30. The van der Waals surface area contributed by atoms with Crippen LogP contribution >= 0.6 is 0 Å². The first kappa shape index (κ1) is 19.6. The number of hydrogen-bond donors (Lipinski definition) is 3. The zero-order valence-corrected chi connectivity index (χ0v) is 16.5. The average Bonchev–Trinajstić information content (AvgIpc) is 2.76. The first-order chi connectivity index (χ1) is 14.6. The van der Waals surface area contributed by atoms with Crippen molar-refractivity contribution in [2.24, 2.45) is 22.4 Å². The van der Waals surface area contributed by atoms with Crippen LogP contribution in [-0.2, 0) is 0 Å². The molecule has 1 fully saturated rings. The lowest BCUT2D eigenvalue weighted by atomic mass is 9.81. The molecule has 0 bridgehead atoms. The first-order valence-corrected chi connectivity index (χ1v) is 9.90. The molecule has 4 rings (SSSR count). The summed E-state index contributed by atoms with van der Waals surface area (Å²) in [5.41, 5.74) is 16.2. The second-order valence-electron chi connectivity index (χ2n) is 7.56. The van der Waals surface area contributed by atoms with Gasteiger partial charge >= 0.3 is 0 Å². The predicted molar refractivity (Wildman–Crippen MR) is 119 cm³/mol. The summed E-state index contributed by atoms with van der Waals surface area (Å²) >= 11 is 0. The molecule has 0 unspecified atom stereocenters. The maximum atomic E-state index is 9.63. The van der Waals surface area contributed by atoms with Crippen molar-refractivity contribution in [2.45, 2.75) is 18.9 Å². The van der Waals surface area contributed by atoms with E-state index < -0.39 is 0 Å². The van der Waals surface area contributed by atoms with Crippen molar-refractivity contribution in [3.05, 3.63) is 71.8 Å². The van der Waals surface area contributed by atoms with Gasteiger partial charge in [-0.15, -0.1) is 0 Å². The molecule has 0 radical (unpaired) electrons. The summed E-state index contributed by atoms with van der Waals surface area (Å²) in [6, 6.07) is 21.7. The molecule has 1 heterocycles. The summed E-state index contributed by atoms with van der Waals surface area (Å²) in [6.45, 7) is 0.157. The maximum Gasteiger partial charge on any atom is 0.138 e. The van der Waals surface area contributed by atoms with Crippen LogP contribution in [0.2, 0.25) is 0 Å². The number of aromatic nitrogens is 1. The molecule has 0 spiro atoms. The van der Waals surface area contributed by atoms with E-state index in [2.05, 4.69) is 11.1 Å². The van der Waals surface area contributed by atoms with Crippen LogP contribution in [0.15, 0.2) is 71.2 Å². The Hall–Kier alpha value is -3.69. The lowest BCUT2D eigenvalue weighted by Crippen LogP contribution is -2.32. The van der Waals surface area contributed by atoms with E-state index in [4.69, 9.17) is 21.6 Å². The molecule has 1 aromatic heterocycles. The summed E-state index contributed by atoms with van der Waals surface area (Å²) in [6.07, 6.45) is 1.55. The van der Waals surface area contributed by atoms with Gasteiger partial charge in [-0.1, -0.05) is 48.5 Å². The van der Waals surface area contributed by atoms with Crippen LogP contribution in [0.3, 0.4) is 0 Å². The van der Waals surface area contributed by atoms with E-state index in [0.717, 1.165) is 35.0 Å². The predicted octanol–water partition coefficient (Wildman–Crippen LogP) is 3.22. The molecule has 3 aromatic rings. The Balaban J connectivity index is 1.68. The Kier molecular flexibility index (Phi) is 5.46. The lowest BCUT2D eigenvalue weighted by molar-refractivity contribution is 0.145. The monoisotopic (exact) mass is 397 g/mol. The molecule has 2 aromatic carbocycles. The molecule has 1 saturated carbocycles. The van der Waals surface area contributed by atoms with E-state index in [1.54, 1.807) is 0 Å². The van der Waals surface area contributed by atoms with Crippen molar-refractivity contribution in [1.82, 2.24) is 4.98 Å². The molecule has 150 valence electrons. The topological polar surface area (TPSA) is 121 Å². The number of aliphatic hydroxyl groups excluding tert-OH is 1. The molecular weight excluding hydrogens is 374 g/mol. The molecule has 0 atom stereocenters. The normalized spacial score (nSPS) is 19.7. The third-order valence-electron chi connectivity index (χ3n) is 5.50. The fraction of sp³-hybridized carbons (Fsp3) is 0.208. The second-order valence-corrected chi connectivity index (χ2v) is 7.56. The van der Waals surface area contributed by atoms with Gasteiger partial charge < -0.3 is 16.6 Å². The minimum atomic E-state index is 0.0324. The summed E-state index contributed by atoms with van der Waals surface area (Å²) < 4.78 is 0. The second kappa shape index (κ2) is 8.36. The number of rotatable bonds is 5. The number of amidine groups is 1. The average molecular weight is 397 g/mol. The summed E-state index contributed by atoms with van der Waals surface area (Å²) in [5, 5.41) is 19.8. The maximum absolute atomic E-state index is 9.63. The van der Waals surface area contributed by atoms with E-state index in [-0.39, 0.29) is 35.7 Å². The molecule has 6 heteroatoms. The van der Waals surface area contributed by atoms with Gasteiger partial charge in [0.15, 0.2) is 0 Å². The van der Waals surface area contributed by atoms with E-state index in [1.165, 1.54) is 0 Å². The van der Waals surface area contributed by atoms with E-state index in [0.29, 0.717) is 5.56 Å². The third-order valence-corrected chi connectivity index (χ3v) is 5.50. The Morgan fingerprint density at radius 1 is 1.10 bits per heavy atom. The lowest BCUT2D eigenvalue weighted by Gasteiger charge is -2.31. The largest absolute Gasteiger partial charge is 0.397 e. The molecule has 0 aliphatic heterocycles. The molecule has 0 saturated heterocycles. The van der Waals surface area contributed by atoms with Gasteiger partial charge in [0.1, 0.15) is 17.5 Å². The number of aliphatic hydroxyl groups is 1. The zero-order chi connectivity index (χ0) is 21.1.